The zero-order valence-electron chi connectivity index (χ0n) is 10.6. The number of esters is 1. The van der Waals surface area contributed by atoms with E-state index < -0.39 is 0 Å². The smallest absolute Gasteiger partial charge is 0.339 e. The lowest BCUT2D eigenvalue weighted by atomic mass is 9.88. The molecule has 0 aliphatic carbocycles. The van der Waals surface area contributed by atoms with E-state index in [4.69, 9.17) is 4.74 Å². The van der Waals surface area contributed by atoms with Crippen LogP contribution in [0.5, 0.6) is 0 Å². The SMILES string of the molecule is CCOC(=O)c1ccc(C)nc1C(C)(C)C. The van der Waals surface area contributed by atoms with Gasteiger partial charge in [-0.2, -0.15) is 0 Å². The molecule has 1 heterocycles. The Hall–Kier alpha value is -1.38. The number of rotatable bonds is 2. The molecule has 0 atom stereocenters. The molecule has 0 bridgehead atoms. The number of carbonyl (C=O) groups is 1. The molecule has 0 aliphatic rings. The van der Waals surface area contributed by atoms with Gasteiger partial charge in [-0.25, -0.2) is 4.79 Å². The largest absolute Gasteiger partial charge is 0.462 e. The van der Waals surface area contributed by atoms with Gasteiger partial charge in [0.1, 0.15) is 0 Å². The van der Waals surface area contributed by atoms with Gasteiger partial charge >= 0.3 is 5.97 Å². The molecule has 3 nitrogen and oxygen atoms in total. The molecule has 0 aromatic carbocycles. The number of hydrogen-bond donors (Lipinski definition) is 0. The van der Waals surface area contributed by atoms with E-state index in [9.17, 15) is 4.79 Å². The molecule has 0 saturated heterocycles. The molecular weight excluding hydrogens is 202 g/mol. The molecule has 88 valence electrons. The van der Waals surface area contributed by atoms with E-state index in [2.05, 4.69) is 4.98 Å². The third kappa shape index (κ3) is 2.81. The maximum absolute atomic E-state index is 11.8. The van der Waals surface area contributed by atoms with Gasteiger partial charge in [-0.3, -0.25) is 4.98 Å². The first-order valence-corrected chi connectivity index (χ1v) is 5.51. The summed E-state index contributed by atoms with van der Waals surface area (Å²) in [6, 6.07) is 3.63. The summed E-state index contributed by atoms with van der Waals surface area (Å²) >= 11 is 0. The van der Waals surface area contributed by atoms with Gasteiger partial charge in [0.05, 0.1) is 17.9 Å². The average Bonchev–Trinajstić information content (AvgIpc) is 2.16. The van der Waals surface area contributed by atoms with Crippen molar-refractivity contribution in [2.24, 2.45) is 0 Å². The lowest BCUT2D eigenvalue weighted by Crippen LogP contribution is -2.20. The van der Waals surface area contributed by atoms with Crippen LogP contribution in [-0.4, -0.2) is 17.6 Å². The van der Waals surface area contributed by atoms with Crippen LogP contribution in [0.1, 0.15) is 49.4 Å². The second-order valence-electron chi connectivity index (χ2n) is 4.82. The molecule has 1 rings (SSSR count). The van der Waals surface area contributed by atoms with Gasteiger partial charge in [-0.15, -0.1) is 0 Å². The Labute approximate surface area is 96.8 Å². The first-order valence-electron chi connectivity index (χ1n) is 5.51. The number of aryl methyl sites for hydroxylation is 1. The predicted octanol–water partition coefficient (Wildman–Crippen LogP) is 2.86. The zero-order valence-corrected chi connectivity index (χ0v) is 10.6. The molecule has 1 aromatic rings. The van der Waals surface area contributed by atoms with E-state index in [1.54, 1.807) is 13.0 Å². The fourth-order valence-corrected chi connectivity index (χ4v) is 1.50. The van der Waals surface area contributed by atoms with Crippen molar-refractivity contribution >= 4 is 5.97 Å². The Balaban J connectivity index is 3.23. The van der Waals surface area contributed by atoms with Crippen LogP contribution in [0.4, 0.5) is 0 Å². The second kappa shape index (κ2) is 4.64. The van der Waals surface area contributed by atoms with Crippen LogP contribution in [0, 0.1) is 6.92 Å². The van der Waals surface area contributed by atoms with Crippen molar-refractivity contribution in [2.75, 3.05) is 6.61 Å². The van der Waals surface area contributed by atoms with Gasteiger partial charge in [0.15, 0.2) is 0 Å². The highest BCUT2D eigenvalue weighted by Gasteiger charge is 2.24. The number of nitrogens with zero attached hydrogens (tertiary/aromatic N) is 1. The van der Waals surface area contributed by atoms with Crippen molar-refractivity contribution in [3.8, 4) is 0 Å². The third-order valence-corrected chi connectivity index (χ3v) is 2.24. The third-order valence-electron chi connectivity index (χ3n) is 2.24. The maximum Gasteiger partial charge on any atom is 0.339 e. The Morgan fingerprint density at radius 2 is 2.00 bits per heavy atom. The van der Waals surface area contributed by atoms with Gasteiger partial charge in [0.2, 0.25) is 0 Å². The van der Waals surface area contributed by atoms with Crippen molar-refractivity contribution < 1.29 is 9.53 Å². The van der Waals surface area contributed by atoms with Crippen molar-refractivity contribution in [3.63, 3.8) is 0 Å². The minimum absolute atomic E-state index is 0.159. The number of hydrogen-bond acceptors (Lipinski definition) is 3. The molecule has 1 aromatic heterocycles. The molecule has 0 spiro atoms. The summed E-state index contributed by atoms with van der Waals surface area (Å²) in [5, 5.41) is 0. The van der Waals surface area contributed by atoms with E-state index in [-0.39, 0.29) is 11.4 Å². The van der Waals surface area contributed by atoms with Gasteiger partial charge < -0.3 is 4.74 Å². The van der Waals surface area contributed by atoms with Gasteiger partial charge in [0.25, 0.3) is 0 Å². The minimum Gasteiger partial charge on any atom is -0.462 e. The van der Waals surface area contributed by atoms with Crippen LogP contribution in [0.25, 0.3) is 0 Å². The summed E-state index contributed by atoms with van der Waals surface area (Å²) in [7, 11) is 0. The monoisotopic (exact) mass is 221 g/mol. The van der Waals surface area contributed by atoms with Gasteiger partial charge in [-0.05, 0) is 26.0 Å². The van der Waals surface area contributed by atoms with Crippen LogP contribution in [0.3, 0.4) is 0 Å². The molecule has 0 radical (unpaired) electrons. The first-order chi connectivity index (χ1) is 7.36. The highest BCUT2D eigenvalue weighted by Crippen LogP contribution is 2.24. The lowest BCUT2D eigenvalue weighted by molar-refractivity contribution is 0.0522. The summed E-state index contributed by atoms with van der Waals surface area (Å²) in [6.45, 7) is 10.2. The van der Waals surface area contributed by atoms with E-state index in [1.165, 1.54) is 0 Å². The van der Waals surface area contributed by atoms with Gasteiger partial charge in [-0.1, -0.05) is 20.8 Å². The summed E-state index contributed by atoms with van der Waals surface area (Å²) in [5.41, 5.74) is 2.12. The summed E-state index contributed by atoms with van der Waals surface area (Å²) in [4.78, 5) is 16.2. The quantitative estimate of drug-likeness (QED) is 0.721. The van der Waals surface area contributed by atoms with Crippen molar-refractivity contribution in [3.05, 3.63) is 29.1 Å². The standard InChI is InChI=1S/C13H19NO2/c1-6-16-12(15)10-8-7-9(2)14-11(10)13(3,4)5/h7-8H,6H2,1-5H3. The van der Waals surface area contributed by atoms with E-state index in [1.807, 2.05) is 33.8 Å². The number of aromatic nitrogens is 1. The Bertz CT molecular complexity index is 391. The number of ether oxygens (including phenoxy) is 1. The Morgan fingerprint density at radius 3 is 2.50 bits per heavy atom. The number of carbonyl (C=O) groups excluding carboxylic acids is 1. The fourth-order valence-electron chi connectivity index (χ4n) is 1.50. The summed E-state index contributed by atoms with van der Waals surface area (Å²) < 4.78 is 5.02. The highest BCUT2D eigenvalue weighted by atomic mass is 16.5. The van der Waals surface area contributed by atoms with E-state index in [0.717, 1.165) is 11.4 Å². The fraction of sp³-hybridized carbons (Fsp3) is 0.538. The Kier molecular flexibility index (Phi) is 3.68. The van der Waals surface area contributed by atoms with Crippen LogP contribution in [0.2, 0.25) is 0 Å². The summed E-state index contributed by atoms with van der Waals surface area (Å²) in [6.07, 6.45) is 0. The van der Waals surface area contributed by atoms with Crippen LogP contribution in [-0.2, 0) is 10.2 Å². The van der Waals surface area contributed by atoms with Crippen LogP contribution >= 0.6 is 0 Å². The second-order valence-corrected chi connectivity index (χ2v) is 4.82. The normalized spacial score (nSPS) is 11.3. The molecule has 0 saturated carbocycles. The van der Waals surface area contributed by atoms with Gasteiger partial charge in [0, 0.05) is 11.1 Å². The van der Waals surface area contributed by atoms with E-state index in [0.29, 0.717) is 12.2 Å². The van der Waals surface area contributed by atoms with Crippen LogP contribution < -0.4 is 0 Å². The zero-order chi connectivity index (χ0) is 12.3. The highest BCUT2D eigenvalue weighted by molar-refractivity contribution is 5.91. The molecule has 0 aliphatic heterocycles. The molecule has 0 unspecified atom stereocenters. The minimum atomic E-state index is -0.292. The van der Waals surface area contributed by atoms with Crippen molar-refractivity contribution in [1.82, 2.24) is 4.98 Å². The number of pyridine rings is 1. The molecular formula is C13H19NO2. The molecule has 3 heteroatoms. The Morgan fingerprint density at radius 1 is 1.38 bits per heavy atom. The molecule has 16 heavy (non-hydrogen) atoms. The van der Waals surface area contributed by atoms with E-state index >= 15 is 0 Å². The first kappa shape index (κ1) is 12.7. The average molecular weight is 221 g/mol. The molecule has 0 fully saturated rings. The molecule has 0 amide bonds. The topological polar surface area (TPSA) is 39.2 Å². The lowest BCUT2D eigenvalue weighted by Gasteiger charge is -2.21. The van der Waals surface area contributed by atoms with Crippen molar-refractivity contribution in [1.29, 1.82) is 0 Å². The maximum atomic E-state index is 11.8. The summed E-state index contributed by atoms with van der Waals surface area (Å²) in [5.74, 6) is -0.292. The van der Waals surface area contributed by atoms with Crippen LogP contribution in [0.15, 0.2) is 12.1 Å². The predicted molar refractivity (Wildman–Crippen MR) is 63.6 cm³/mol. The van der Waals surface area contributed by atoms with Crippen molar-refractivity contribution in [2.45, 2.75) is 40.0 Å². The molecule has 0 N–H and O–H groups in total.